The summed E-state index contributed by atoms with van der Waals surface area (Å²) in [5.74, 6) is 1.14. The number of rotatable bonds is 2. The van der Waals surface area contributed by atoms with Gasteiger partial charge in [0, 0.05) is 11.1 Å². The van der Waals surface area contributed by atoms with Crippen molar-refractivity contribution in [2.45, 2.75) is 0 Å². The van der Waals surface area contributed by atoms with Gasteiger partial charge in [-0.15, -0.1) is 0 Å². The van der Waals surface area contributed by atoms with E-state index in [0.29, 0.717) is 11.6 Å². The van der Waals surface area contributed by atoms with Crippen molar-refractivity contribution in [2.24, 2.45) is 0 Å². The molecule has 0 aliphatic rings. The molecular formula is C27H16ClN3. The van der Waals surface area contributed by atoms with E-state index in [4.69, 9.17) is 16.6 Å². The molecule has 6 aromatic rings. The van der Waals surface area contributed by atoms with Gasteiger partial charge in [-0.25, -0.2) is 4.98 Å². The van der Waals surface area contributed by atoms with Gasteiger partial charge in [-0.1, -0.05) is 91.0 Å². The minimum Gasteiger partial charge on any atom is -0.208 e. The fourth-order valence-corrected chi connectivity index (χ4v) is 4.32. The van der Waals surface area contributed by atoms with Crippen LogP contribution in [0.5, 0.6) is 0 Å². The Kier molecular flexibility index (Phi) is 4.15. The SMILES string of the molecule is Clc1nc(-c2ccccc2)nc(-c2ccc3ccc4ccc5ccccc5c4c3c2)n1. The maximum Gasteiger partial charge on any atom is 0.226 e. The Labute approximate surface area is 184 Å². The molecule has 3 nitrogen and oxygen atoms in total. The third-order valence-corrected chi connectivity index (χ3v) is 5.79. The van der Waals surface area contributed by atoms with Crippen LogP contribution in [0.1, 0.15) is 0 Å². The highest BCUT2D eigenvalue weighted by atomic mass is 35.5. The molecule has 0 atom stereocenters. The third kappa shape index (κ3) is 3.11. The van der Waals surface area contributed by atoms with Crippen molar-refractivity contribution in [1.82, 2.24) is 15.0 Å². The highest BCUT2D eigenvalue weighted by Crippen LogP contribution is 2.34. The van der Waals surface area contributed by atoms with E-state index >= 15 is 0 Å². The van der Waals surface area contributed by atoms with E-state index in [1.165, 1.54) is 32.3 Å². The molecule has 0 aliphatic heterocycles. The summed E-state index contributed by atoms with van der Waals surface area (Å²) in [4.78, 5) is 13.5. The molecule has 0 saturated heterocycles. The van der Waals surface area contributed by atoms with Gasteiger partial charge < -0.3 is 0 Å². The lowest BCUT2D eigenvalue weighted by molar-refractivity contribution is 1.07. The maximum absolute atomic E-state index is 6.28. The summed E-state index contributed by atoms with van der Waals surface area (Å²) in [6.45, 7) is 0. The molecule has 0 unspecified atom stereocenters. The summed E-state index contributed by atoms with van der Waals surface area (Å²) in [7, 11) is 0. The lowest BCUT2D eigenvalue weighted by Gasteiger charge is -2.10. The van der Waals surface area contributed by atoms with Gasteiger partial charge in [0.1, 0.15) is 0 Å². The summed E-state index contributed by atoms with van der Waals surface area (Å²) in [6, 6.07) is 33.3. The number of hydrogen-bond acceptors (Lipinski definition) is 3. The normalized spacial score (nSPS) is 11.4. The maximum atomic E-state index is 6.28. The molecular weight excluding hydrogens is 402 g/mol. The Bertz CT molecular complexity index is 1590. The van der Waals surface area contributed by atoms with Crippen molar-refractivity contribution >= 4 is 43.9 Å². The van der Waals surface area contributed by atoms with E-state index < -0.39 is 0 Å². The van der Waals surface area contributed by atoms with Crippen LogP contribution < -0.4 is 0 Å². The van der Waals surface area contributed by atoms with Gasteiger partial charge in [0.15, 0.2) is 11.6 Å². The van der Waals surface area contributed by atoms with E-state index in [9.17, 15) is 0 Å². The van der Waals surface area contributed by atoms with Crippen molar-refractivity contribution in [3.8, 4) is 22.8 Å². The molecule has 6 rings (SSSR count). The first-order chi connectivity index (χ1) is 15.3. The van der Waals surface area contributed by atoms with Crippen LogP contribution in [-0.4, -0.2) is 15.0 Å². The van der Waals surface area contributed by atoms with Crippen molar-refractivity contribution in [3.63, 3.8) is 0 Å². The molecule has 31 heavy (non-hydrogen) atoms. The summed E-state index contributed by atoms with van der Waals surface area (Å²) in [5, 5.41) is 7.44. The van der Waals surface area contributed by atoms with Crippen molar-refractivity contribution in [1.29, 1.82) is 0 Å². The van der Waals surface area contributed by atoms with Gasteiger partial charge in [0.05, 0.1) is 0 Å². The van der Waals surface area contributed by atoms with Crippen LogP contribution in [0.2, 0.25) is 5.28 Å². The van der Waals surface area contributed by atoms with Gasteiger partial charge in [-0.05, 0) is 50.0 Å². The van der Waals surface area contributed by atoms with Crippen LogP contribution in [-0.2, 0) is 0 Å². The largest absolute Gasteiger partial charge is 0.226 e. The van der Waals surface area contributed by atoms with Gasteiger partial charge in [-0.2, -0.15) is 9.97 Å². The first kappa shape index (κ1) is 18.0. The molecule has 0 saturated carbocycles. The Balaban J connectivity index is 1.62. The fraction of sp³-hybridized carbons (Fsp3) is 0. The quantitative estimate of drug-likeness (QED) is 0.277. The molecule has 4 heteroatoms. The summed E-state index contributed by atoms with van der Waals surface area (Å²) < 4.78 is 0. The lowest BCUT2D eigenvalue weighted by Crippen LogP contribution is -1.97. The van der Waals surface area contributed by atoms with Crippen LogP contribution in [0.25, 0.3) is 55.1 Å². The average molecular weight is 418 g/mol. The predicted molar refractivity (Wildman–Crippen MR) is 128 cm³/mol. The topological polar surface area (TPSA) is 38.7 Å². The molecule has 0 aliphatic carbocycles. The molecule has 0 amide bonds. The standard InChI is InChI=1S/C27H16ClN3/c28-27-30-25(20-7-2-1-3-8-20)29-26(31-27)21-15-12-18-11-14-19-13-10-17-6-4-5-9-22(17)24(19)23(18)16-21/h1-16H. The molecule has 0 radical (unpaired) electrons. The minimum atomic E-state index is 0.187. The smallest absolute Gasteiger partial charge is 0.208 e. The molecule has 1 aromatic heterocycles. The monoisotopic (exact) mass is 417 g/mol. The number of nitrogens with zero attached hydrogens (tertiary/aromatic N) is 3. The van der Waals surface area contributed by atoms with Crippen LogP contribution in [0.15, 0.2) is 97.1 Å². The number of aromatic nitrogens is 3. The fourth-order valence-electron chi connectivity index (χ4n) is 4.16. The Morgan fingerprint density at radius 1 is 0.484 bits per heavy atom. The van der Waals surface area contributed by atoms with E-state index in [1.54, 1.807) is 0 Å². The predicted octanol–water partition coefficient (Wildman–Crippen LogP) is 7.32. The van der Waals surface area contributed by atoms with Crippen LogP contribution in [0, 0.1) is 0 Å². The Morgan fingerprint density at radius 3 is 1.90 bits per heavy atom. The molecule has 5 aromatic carbocycles. The van der Waals surface area contributed by atoms with Gasteiger partial charge in [0.2, 0.25) is 5.28 Å². The Morgan fingerprint density at radius 2 is 1.10 bits per heavy atom. The van der Waals surface area contributed by atoms with E-state index in [-0.39, 0.29) is 5.28 Å². The highest BCUT2D eigenvalue weighted by molar-refractivity contribution is 6.28. The molecule has 0 fully saturated rings. The van der Waals surface area contributed by atoms with E-state index in [1.807, 2.05) is 36.4 Å². The molecule has 0 spiro atoms. The van der Waals surface area contributed by atoms with Crippen LogP contribution in [0.4, 0.5) is 0 Å². The van der Waals surface area contributed by atoms with Gasteiger partial charge in [0.25, 0.3) is 0 Å². The molecule has 146 valence electrons. The number of benzene rings is 5. The number of hydrogen-bond donors (Lipinski definition) is 0. The van der Waals surface area contributed by atoms with Crippen molar-refractivity contribution in [3.05, 3.63) is 102 Å². The summed E-state index contributed by atoms with van der Waals surface area (Å²) in [6.07, 6.45) is 0. The molecule has 0 bridgehead atoms. The minimum absolute atomic E-state index is 0.187. The number of fused-ring (bicyclic) bond motifs is 5. The second-order valence-corrected chi connectivity index (χ2v) is 7.84. The highest BCUT2D eigenvalue weighted by Gasteiger charge is 2.12. The zero-order valence-electron chi connectivity index (χ0n) is 16.5. The first-order valence-corrected chi connectivity index (χ1v) is 10.5. The van der Waals surface area contributed by atoms with Gasteiger partial charge in [-0.3, -0.25) is 0 Å². The lowest BCUT2D eigenvalue weighted by atomic mass is 9.95. The Hall–Kier alpha value is -3.82. The van der Waals surface area contributed by atoms with E-state index in [2.05, 4.69) is 70.6 Å². The molecule has 0 N–H and O–H groups in total. The second-order valence-electron chi connectivity index (χ2n) is 7.50. The van der Waals surface area contributed by atoms with Gasteiger partial charge >= 0.3 is 0 Å². The summed E-state index contributed by atoms with van der Waals surface area (Å²) in [5.41, 5.74) is 1.82. The molecule has 1 heterocycles. The zero-order valence-corrected chi connectivity index (χ0v) is 17.2. The second kappa shape index (κ2) is 7.15. The van der Waals surface area contributed by atoms with Crippen molar-refractivity contribution < 1.29 is 0 Å². The van der Waals surface area contributed by atoms with E-state index in [0.717, 1.165) is 11.1 Å². The first-order valence-electron chi connectivity index (χ1n) is 10.1. The average Bonchev–Trinajstić information content (AvgIpc) is 2.83. The van der Waals surface area contributed by atoms with Crippen molar-refractivity contribution in [2.75, 3.05) is 0 Å². The van der Waals surface area contributed by atoms with Crippen LogP contribution in [0.3, 0.4) is 0 Å². The third-order valence-electron chi connectivity index (χ3n) is 5.62. The number of halogens is 1. The van der Waals surface area contributed by atoms with Crippen LogP contribution >= 0.6 is 11.6 Å². The summed E-state index contributed by atoms with van der Waals surface area (Å²) >= 11 is 6.28. The zero-order chi connectivity index (χ0) is 20.8.